The molecule has 0 saturated carbocycles. The Bertz CT molecular complexity index is 999. The fourth-order valence-electron chi connectivity index (χ4n) is 4.94. The lowest BCUT2D eigenvalue weighted by Gasteiger charge is -2.28. The third-order valence-electron chi connectivity index (χ3n) is 6.93. The summed E-state index contributed by atoms with van der Waals surface area (Å²) >= 11 is 0. The average molecular weight is 493 g/mol. The molecule has 1 aromatic rings. The smallest absolute Gasteiger partial charge is 0.243 e. The molecule has 2 amide bonds. The predicted molar refractivity (Wildman–Crippen MR) is 130 cm³/mol. The fourth-order valence-corrected chi connectivity index (χ4v) is 6.37. The monoisotopic (exact) mass is 492 g/mol. The molecule has 1 atom stereocenters. The minimum Gasteiger partial charge on any atom is -0.379 e. The van der Waals surface area contributed by atoms with Crippen LogP contribution >= 0.6 is 0 Å². The third-order valence-corrected chi connectivity index (χ3v) is 8.83. The number of carbonyl (C=O) groups excluding carboxylic acids is 2. The maximum Gasteiger partial charge on any atom is 0.243 e. The summed E-state index contributed by atoms with van der Waals surface area (Å²) < 4.78 is 33.3. The summed E-state index contributed by atoms with van der Waals surface area (Å²) in [6.45, 7) is 7.36. The summed E-state index contributed by atoms with van der Waals surface area (Å²) in [5, 5.41) is 3.00. The van der Waals surface area contributed by atoms with Crippen LogP contribution in [0, 0.1) is 5.92 Å². The van der Waals surface area contributed by atoms with Gasteiger partial charge in [0.25, 0.3) is 0 Å². The number of ether oxygens (including phenoxy) is 1. The van der Waals surface area contributed by atoms with Gasteiger partial charge >= 0.3 is 0 Å². The first-order valence-electron chi connectivity index (χ1n) is 12.3. The van der Waals surface area contributed by atoms with Crippen LogP contribution in [0.2, 0.25) is 0 Å². The summed E-state index contributed by atoms with van der Waals surface area (Å²) in [5.74, 6) is -0.716. The first kappa shape index (κ1) is 24.9. The molecule has 1 N–H and O–H groups in total. The lowest BCUT2D eigenvalue weighted by atomic mass is 10.1. The van der Waals surface area contributed by atoms with Gasteiger partial charge in [0.1, 0.15) is 0 Å². The Balaban J connectivity index is 1.62. The number of sulfonamides is 1. The molecule has 10 heteroatoms. The summed E-state index contributed by atoms with van der Waals surface area (Å²) in [7, 11) is -3.70. The molecule has 0 bridgehead atoms. The van der Waals surface area contributed by atoms with E-state index in [0.29, 0.717) is 38.5 Å². The van der Waals surface area contributed by atoms with Crippen molar-refractivity contribution in [3.8, 4) is 0 Å². The SMILES string of the molecule is CC(C)N1CC(C(=O)Nc2cc(S(=O)(=O)N3CCOCC3)ccc2N2CCCCCC2)CC1=O. The van der Waals surface area contributed by atoms with Crippen LogP contribution in [0.3, 0.4) is 0 Å². The maximum absolute atomic E-state index is 13.3. The van der Waals surface area contributed by atoms with E-state index in [0.717, 1.165) is 44.5 Å². The molecule has 1 aromatic carbocycles. The number of nitrogens with one attached hydrogen (secondary N) is 1. The van der Waals surface area contributed by atoms with E-state index in [1.54, 1.807) is 17.0 Å². The van der Waals surface area contributed by atoms with Gasteiger partial charge in [-0.2, -0.15) is 4.31 Å². The zero-order valence-corrected chi connectivity index (χ0v) is 21.0. The molecular weight excluding hydrogens is 456 g/mol. The number of amides is 2. The number of hydrogen-bond donors (Lipinski definition) is 1. The topological polar surface area (TPSA) is 99.3 Å². The summed E-state index contributed by atoms with van der Waals surface area (Å²) in [5.41, 5.74) is 1.33. The van der Waals surface area contributed by atoms with E-state index in [1.165, 1.54) is 4.31 Å². The minimum absolute atomic E-state index is 0.0217. The second-order valence-corrected chi connectivity index (χ2v) is 11.6. The van der Waals surface area contributed by atoms with Crippen molar-refractivity contribution < 1.29 is 22.7 Å². The average Bonchev–Trinajstić information content (AvgIpc) is 3.03. The fraction of sp³-hybridized carbons (Fsp3) is 0.667. The van der Waals surface area contributed by atoms with Crippen molar-refractivity contribution in [2.75, 3.05) is 56.2 Å². The molecule has 0 aliphatic carbocycles. The lowest BCUT2D eigenvalue weighted by molar-refractivity contribution is -0.129. The van der Waals surface area contributed by atoms with Crippen molar-refractivity contribution in [3.63, 3.8) is 0 Å². The van der Waals surface area contributed by atoms with Gasteiger partial charge < -0.3 is 19.9 Å². The van der Waals surface area contributed by atoms with Gasteiger partial charge in [0.05, 0.1) is 35.4 Å². The summed E-state index contributed by atoms with van der Waals surface area (Å²) in [6.07, 6.45) is 4.62. The first-order valence-corrected chi connectivity index (χ1v) is 13.8. The Hall–Kier alpha value is -2.17. The molecule has 0 aromatic heterocycles. The number of likely N-dealkylation sites (tertiary alicyclic amines) is 1. The molecular formula is C24H36N4O5S. The molecule has 0 spiro atoms. The van der Waals surface area contributed by atoms with E-state index in [-0.39, 0.29) is 29.2 Å². The molecule has 3 fully saturated rings. The number of anilines is 2. The van der Waals surface area contributed by atoms with Crippen LogP contribution in [0.4, 0.5) is 11.4 Å². The zero-order chi connectivity index (χ0) is 24.3. The molecule has 34 heavy (non-hydrogen) atoms. The van der Waals surface area contributed by atoms with Crippen molar-refractivity contribution in [3.05, 3.63) is 18.2 Å². The van der Waals surface area contributed by atoms with Crippen molar-refractivity contribution in [2.45, 2.75) is 56.9 Å². The number of hydrogen-bond acceptors (Lipinski definition) is 6. The Labute approximate surface area is 202 Å². The van der Waals surface area contributed by atoms with Gasteiger partial charge in [-0.15, -0.1) is 0 Å². The molecule has 3 heterocycles. The molecule has 4 rings (SSSR count). The normalized spacial score (nSPS) is 22.8. The van der Waals surface area contributed by atoms with E-state index in [4.69, 9.17) is 4.74 Å². The molecule has 1 unspecified atom stereocenters. The van der Waals surface area contributed by atoms with Crippen LogP contribution in [0.1, 0.15) is 46.0 Å². The quantitative estimate of drug-likeness (QED) is 0.654. The van der Waals surface area contributed by atoms with Crippen LogP contribution in [0.25, 0.3) is 0 Å². The Kier molecular flexibility index (Phi) is 7.79. The van der Waals surface area contributed by atoms with Crippen LogP contribution in [0.15, 0.2) is 23.1 Å². The number of carbonyl (C=O) groups is 2. The van der Waals surface area contributed by atoms with Crippen LogP contribution in [-0.4, -0.2) is 81.4 Å². The molecule has 188 valence electrons. The van der Waals surface area contributed by atoms with Crippen LogP contribution in [-0.2, 0) is 24.3 Å². The predicted octanol–water partition coefficient (Wildman–Crippen LogP) is 2.28. The third kappa shape index (κ3) is 5.39. The van der Waals surface area contributed by atoms with E-state index in [9.17, 15) is 18.0 Å². The molecule has 0 radical (unpaired) electrons. The molecule has 3 aliphatic heterocycles. The summed E-state index contributed by atoms with van der Waals surface area (Å²) in [6, 6.07) is 5.08. The van der Waals surface area contributed by atoms with Gasteiger partial charge in [-0.05, 0) is 44.9 Å². The van der Waals surface area contributed by atoms with Gasteiger partial charge in [0.2, 0.25) is 21.8 Å². The highest BCUT2D eigenvalue weighted by Crippen LogP contribution is 2.33. The highest BCUT2D eigenvalue weighted by Gasteiger charge is 2.36. The van der Waals surface area contributed by atoms with E-state index >= 15 is 0 Å². The Morgan fingerprint density at radius 2 is 1.74 bits per heavy atom. The standard InChI is InChI=1S/C24H36N4O5S/c1-18(2)28-17-19(15-23(28)29)24(30)25-21-16-20(34(31,32)27-11-13-33-14-12-27)7-8-22(21)26-9-5-3-4-6-10-26/h7-8,16,18-19H,3-6,9-15,17H2,1-2H3,(H,25,30). The summed E-state index contributed by atoms with van der Waals surface area (Å²) in [4.78, 5) is 29.7. The largest absolute Gasteiger partial charge is 0.379 e. The highest BCUT2D eigenvalue weighted by atomic mass is 32.2. The number of morpholine rings is 1. The van der Waals surface area contributed by atoms with Gasteiger partial charge in [-0.1, -0.05) is 12.8 Å². The van der Waals surface area contributed by atoms with E-state index in [1.807, 2.05) is 19.9 Å². The second-order valence-electron chi connectivity index (χ2n) is 9.63. The lowest BCUT2D eigenvalue weighted by Crippen LogP contribution is -2.40. The molecule has 3 aliphatic rings. The number of nitrogens with zero attached hydrogens (tertiary/aromatic N) is 3. The van der Waals surface area contributed by atoms with E-state index in [2.05, 4.69) is 10.2 Å². The van der Waals surface area contributed by atoms with Gasteiger partial charge in [0, 0.05) is 45.2 Å². The van der Waals surface area contributed by atoms with Crippen LogP contribution < -0.4 is 10.2 Å². The van der Waals surface area contributed by atoms with Crippen molar-refractivity contribution in [2.24, 2.45) is 5.92 Å². The van der Waals surface area contributed by atoms with Gasteiger partial charge in [0.15, 0.2) is 0 Å². The van der Waals surface area contributed by atoms with E-state index < -0.39 is 15.9 Å². The zero-order valence-electron chi connectivity index (χ0n) is 20.2. The number of rotatable bonds is 6. The number of benzene rings is 1. The van der Waals surface area contributed by atoms with Crippen LogP contribution in [0.5, 0.6) is 0 Å². The maximum atomic E-state index is 13.3. The van der Waals surface area contributed by atoms with Gasteiger partial charge in [-0.3, -0.25) is 9.59 Å². The van der Waals surface area contributed by atoms with Crippen molar-refractivity contribution >= 4 is 33.2 Å². The van der Waals surface area contributed by atoms with Gasteiger partial charge in [-0.25, -0.2) is 8.42 Å². The molecule has 3 saturated heterocycles. The highest BCUT2D eigenvalue weighted by molar-refractivity contribution is 7.89. The first-order chi connectivity index (χ1) is 16.3. The minimum atomic E-state index is -3.70. The molecule has 9 nitrogen and oxygen atoms in total. The Morgan fingerprint density at radius 1 is 1.06 bits per heavy atom. The van der Waals surface area contributed by atoms with Crippen molar-refractivity contribution in [1.82, 2.24) is 9.21 Å². The Morgan fingerprint density at radius 3 is 2.35 bits per heavy atom. The second kappa shape index (κ2) is 10.6. The van der Waals surface area contributed by atoms with Crippen molar-refractivity contribution in [1.29, 1.82) is 0 Å².